The largest absolute Gasteiger partial charge is 0.339 e. The van der Waals surface area contributed by atoms with Gasteiger partial charge in [0.15, 0.2) is 0 Å². The molecule has 2 aromatic heterocycles. The van der Waals surface area contributed by atoms with Crippen LogP contribution in [0.2, 0.25) is 0 Å². The minimum Gasteiger partial charge on any atom is -0.339 e. The summed E-state index contributed by atoms with van der Waals surface area (Å²) in [4.78, 5) is 42.7. The van der Waals surface area contributed by atoms with Crippen LogP contribution in [0.25, 0.3) is 5.65 Å². The van der Waals surface area contributed by atoms with E-state index in [-0.39, 0.29) is 28.4 Å². The molecule has 0 aliphatic carbocycles. The third-order valence-electron chi connectivity index (χ3n) is 4.47. The maximum absolute atomic E-state index is 13.1. The molecule has 4 rings (SSSR count). The second-order valence-corrected chi connectivity index (χ2v) is 6.58. The van der Waals surface area contributed by atoms with E-state index in [0.717, 1.165) is 0 Å². The number of rotatable bonds is 6. The molecule has 0 saturated carbocycles. The highest BCUT2D eigenvalue weighted by atomic mass is 16.6. The summed E-state index contributed by atoms with van der Waals surface area (Å²) in [5.74, 6) is 0.135. The SMILES string of the molecule is O=c1c(C=Nc2cccc([N+](=O)[O-])c2)c(Nc2cccc([N+](=O)[O-])c2)nc2ccccn12. The van der Waals surface area contributed by atoms with Gasteiger partial charge in [-0.15, -0.1) is 0 Å². The van der Waals surface area contributed by atoms with Crippen molar-refractivity contribution in [2.45, 2.75) is 0 Å². The van der Waals surface area contributed by atoms with E-state index in [4.69, 9.17) is 0 Å². The van der Waals surface area contributed by atoms with E-state index in [1.807, 2.05) is 0 Å². The van der Waals surface area contributed by atoms with Crippen molar-refractivity contribution >= 4 is 40.4 Å². The molecule has 32 heavy (non-hydrogen) atoms. The zero-order valence-corrected chi connectivity index (χ0v) is 16.3. The number of benzene rings is 2. The number of nitrogens with one attached hydrogen (secondary N) is 1. The van der Waals surface area contributed by atoms with Crippen LogP contribution >= 0.6 is 0 Å². The number of hydrogen-bond donors (Lipinski definition) is 1. The smallest absolute Gasteiger partial charge is 0.271 e. The fraction of sp³-hybridized carbons (Fsp3) is 0. The van der Waals surface area contributed by atoms with Crippen molar-refractivity contribution in [2.75, 3.05) is 5.32 Å². The first-order valence-corrected chi connectivity index (χ1v) is 9.24. The average Bonchev–Trinajstić information content (AvgIpc) is 2.79. The number of nitrogens with zero attached hydrogens (tertiary/aromatic N) is 5. The zero-order chi connectivity index (χ0) is 22.7. The van der Waals surface area contributed by atoms with Gasteiger partial charge >= 0.3 is 0 Å². The molecule has 2 heterocycles. The van der Waals surface area contributed by atoms with Gasteiger partial charge in [0.2, 0.25) is 0 Å². The van der Waals surface area contributed by atoms with Crippen molar-refractivity contribution in [3.8, 4) is 0 Å². The van der Waals surface area contributed by atoms with Crippen LogP contribution in [0.5, 0.6) is 0 Å². The van der Waals surface area contributed by atoms with Crippen LogP contribution in [0.15, 0.2) is 82.7 Å². The molecule has 0 amide bonds. The average molecular weight is 430 g/mol. The topological polar surface area (TPSA) is 145 Å². The van der Waals surface area contributed by atoms with E-state index in [0.29, 0.717) is 11.3 Å². The lowest BCUT2D eigenvalue weighted by atomic mass is 10.2. The molecule has 0 saturated heterocycles. The Balaban J connectivity index is 1.82. The lowest BCUT2D eigenvalue weighted by molar-refractivity contribution is -0.385. The first-order chi connectivity index (χ1) is 15.4. The second kappa shape index (κ2) is 8.44. The van der Waals surface area contributed by atoms with Gasteiger partial charge in [0.25, 0.3) is 16.9 Å². The van der Waals surface area contributed by atoms with E-state index < -0.39 is 15.4 Å². The standard InChI is InChI=1S/C21H14N6O5/c28-21-18(13-22-14-5-3-7-16(11-14)26(29)30)20(24-19-9-1-2-10-25(19)21)23-15-6-4-8-17(12-15)27(31)32/h1-13,23H. The van der Waals surface area contributed by atoms with Gasteiger partial charge in [0.05, 0.1) is 15.5 Å². The highest BCUT2D eigenvalue weighted by molar-refractivity contribution is 5.89. The normalized spacial score (nSPS) is 11.0. The number of anilines is 2. The summed E-state index contributed by atoms with van der Waals surface area (Å²) < 4.78 is 1.33. The van der Waals surface area contributed by atoms with Crippen LogP contribution < -0.4 is 10.9 Å². The molecule has 0 unspecified atom stereocenters. The fourth-order valence-corrected chi connectivity index (χ4v) is 2.97. The van der Waals surface area contributed by atoms with Crippen molar-refractivity contribution in [3.05, 3.63) is 109 Å². The second-order valence-electron chi connectivity index (χ2n) is 6.58. The molecule has 0 aliphatic rings. The molecule has 11 nitrogen and oxygen atoms in total. The van der Waals surface area contributed by atoms with Crippen LogP contribution in [0.3, 0.4) is 0 Å². The summed E-state index contributed by atoms with van der Waals surface area (Å²) >= 11 is 0. The third-order valence-corrected chi connectivity index (χ3v) is 4.47. The van der Waals surface area contributed by atoms with Gasteiger partial charge in [-0.3, -0.25) is 34.4 Å². The predicted octanol–water partition coefficient (Wildman–Crippen LogP) is 4.01. The molecule has 0 fully saturated rings. The first kappa shape index (κ1) is 20.3. The summed E-state index contributed by atoms with van der Waals surface area (Å²) in [7, 11) is 0. The van der Waals surface area contributed by atoms with E-state index in [9.17, 15) is 25.0 Å². The lowest BCUT2D eigenvalue weighted by Crippen LogP contribution is -2.21. The highest BCUT2D eigenvalue weighted by Gasteiger charge is 2.13. The minimum absolute atomic E-state index is 0.0757. The minimum atomic E-state index is -0.541. The Morgan fingerprint density at radius 1 is 0.938 bits per heavy atom. The lowest BCUT2D eigenvalue weighted by Gasteiger charge is -2.10. The monoisotopic (exact) mass is 430 g/mol. The van der Waals surface area contributed by atoms with Crippen LogP contribution in [-0.4, -0.2) is 25.4 Å². The number of aromatic nitrogens is 2. The Labute approximate surface area is 179 Å². The Morgan fingerprint density at radius 2 is 1.66 bits per heavy atom. The summed E-state index contributed by atoms with van der Waals surface area (Å²) in [6.07, 6.45) is 2.81. The molecule has 4 aromatic rings. The Hall–Kier alpha value is -4.93. The summed E-state index contributed by atoms with van der Waals surface area (Å²) in [5, 5.41) is 25.0. The molecule has 0 spiro atoms. The molecule has 0 aliphatic heterocycles. The quantitative estimate of drug-likeness (QED) is 0.276. The first-order valence-electron chi connectivity index (χ1n) is 9.24. The van der Waals surface area contributed by atoms with Gasteiger partial charge in [0.1, 0.15) is 17.0 Å². The van der Waals surface area contributed by atoms with Crippen molar-refractivity contribution in [1.82, 2.24) is 9.38 Å². The van der Waals surface area contributed by atoms with Gasteiger partial charge < -0.3 is 5.32 Å². The van der Waals surface area contributed by atoms with Gasteiger partial charge in [-0.2, -0.15) is 0 Å². The predicted molar refractivity (Wildman–Crippen MR) is 118 cm³/mol. The number of pyridine rings is 1. The number of nitro groups is 2. The van der Waals surface area contributed by atoms with Gasteiger partial charge in [-0.1, -0.05) is 18.2 Å². The summed E-state index contributed by atoms with van der Waals surface area (Å²) in [6.45, 7) is 0. The van der Waals surface area contributed by atoms with Crippen LogP contribution in [0.4, 0.5) is 28.6 Å². The number of hydrogen-bond acceptors (Lipinski definition) is 8. The molecule has 158 valence electrons. The molecule has 0 bridgehead atoms. The van der Waals surface area contributed by atoms with Crippen molar-refractivity contribution in [2.24, 2.45) is 4.99 Å². The Kier molecular flexibility index (Phi) is 5.36. The van der Waals surface area contributed by atoms with E-state index in [1.165, 1.54) is 47.0 Å². The molecular weight excluding hydrogens is 416 g/mol. The number of non-ortho nitro benzene ring substituents is 2. The van der Waals surface area contributed by atoms with E-state index in [1.54, 1.807) is 36.5 Å². The Bertz CT molecular complexity index is 1450. The van der Waals surface area contributed by atoms with Crippen LogP contribution in [-0.2, 0) is 0 Å². The highest BCUT2D eigenvalue weighted by Crippen LogP contribution is 2.23. The molecule has 2 aromatic carbocycles. The van der Waals surface area contributed by atoms with E-state index in [2.05, 4.69) is 15.3 Å². The van der Waals surface area contributed by atoms with Crippen molar-refractivity contribution in [3.63, 3.8) is 0 Å². The van der Waals surface area contributed by atoms with Gasteiger partial charge in [-0.25, -0.2) is 4.98 Å². The third kappa shape index (κ3) is 4.16. The summed E-state index contributed by atoms with van der Waals surface area (Å²) in [6, 6.07) is 16.4. The van der Waals surface area contributed by atoms with Gasteiger partial charge in [-0.05, 0) is 24.3 Å². The molecule has 0 radical (unpaired) electrons. The fourth-order valence-electron chi connectivity index (χ4n) is 2.97. The maximum atomic E-state index is 13.1. The van der Waals surface area contributed by atoms with Crippen molar-refractivity contribution in [1.29, 1.82) is 0 Å². The maximum Gasteiger partial charge on any atom is 0.271 e. The summed E-state index contributed by atoms with van der Waals surface area (Å²) in [5.41, 5.74) is 0.374. The molecular formula is C21H14N6O5. The van der Waals surface area contributed by atoms with E-state index >= 15 is 0 Å². The van der Waals surface area contributed by atoms with Crippen LogP contribution in [0, 0.1) is 20.2 Å². The molecule has 0 atom stereocenters. The van der Waals surface area contributed by atoms with Gasteiger partial charge in [0, 0.05) is 42.4 Å². The molecule has 11 heteroatoms. The number of nitro benzene ring substituents is 2. The molecule has 1 N–H and O–H groups in total. The zero-order valence-electron chi connectivity index (χ0n) is 16.3. The van der Waals surface area contributed by atoms with Crippen LogP contribution in [0.1, 0.15) is 5.56 Å². The van der Waals surface area contributed by atoms with Crippen molar-refractivity contribution < 1.29 is 9.85 Å². The number of fused-ring (bicyclic) bond motifs is 1. The number of aliphatic imine (C=N–C) groups is 1. The Morgan fingerprint density at radius 3 is 2.41 bits per heavy atom.